The summed E-state index contributed by atoms with van der Waals surface area (Å²) in [6.07, 6.45) is 1.70. The Bertz CT molecular complexity index is 1010. The number of aryl methyl sites for hydroxylation is 2. The number of rotatable bonds is 6. The van der Waals surface area contributed by atoms with Crippen LogP contribution in [0, 0.1) is 13.8 Å². The van der Waals surface area contributed by atoms with E-state index in [1.165, 1.54) is 11.3 Å². The minimum atomic E-state index is -0.322. The van der Waals surface area contributed by atoms with Gasteiger partial charge in [0, 0.05) is 17.0 Å². The molecule has 0 unspecified atom stereocenters. The van der Waals surface area contributed by atoms with Gasteiger partial charge in [-0.05, 0) is 48.6 Å². The minimum Gasteiger partial charge on any atom is -0.347 e. The summed E-state index contributed by atoms with van der Waals surface area (Å²) in [5.41, 5.74) is 3.77. The van der Waals surface area contributed by atoms with E-state index in [4.69, 9.17) is 0 Å². The van der Waals surface area contributed by atoms with Crippen molar-refractivity contribution in [1.82, 2.24) is 10.6 Å². The van der Waals surface area contributed by atoms with Gasteiger partial charge in [0.25, 0.3) is 11.8 Å². The highest BCUT2D eigenvalue weighted by atomic mass is 32.1. The van der Waals surface area contributed by atoms with Crippen molar-refractivity contribution in [1.29, 1.82) is 0 Å². The molecule has 0 aliphatic carbocycles. The molecule has 4 nitrogen and oxygen atoms in total. The van der Waals surface area contributed by atoms with E-state index in [-0.39, 0.29) is 17.5 Å². The number of carbonyl (C=O) groups excluding carboxylic acids is 2. The Morgan fingerprint density at radius 1 is 1.00 bits per heavy atom. The second kappa shape index (κ2) is 9.15. The molecule has 2 amide bonds. The fraction of sp³-hybridized carbons (Fsp3) is 0.130. The van der Waals surface area contributed by atoms with Crippen LogP contribution in [0.4, 0.5) is 0 Å². The highest BCUT2D eigenvalue weighted by Gasteiger charge is 2.16. The summed E-state index contributed by atoms with van der Waals surface area (Å²) >= 11 is 1.50. The van der Waals surface area contributed by atoms with E-state index in [9.17, 15) is 9.59 Å². The summed E-state index contributed by atoms with van der Waals surface area (Å²) in [5, 5.41) is 7.60. The van der Waals surface area contributed by atoms with Crippen molar-refractivity contribution in [3.05, 3.63) is 98.9 Å². The van der Waals surface area contributed by atoms with Gasteiger partial charge in [-0.1, -0.05) is 54.1 Å². The Morgan fingerprint density at radius 3 is 2.54 bits per heavy atom. The first kappa shape index (κ1) is 19.6. The highest BCUT2D eigenvalue weighted by molar-refractivity contribution is 7.10. The third-order valence-electron chi connectivity index (χ3n) is 4.25. The lowest BCUT2D eigenvalue weighted by Crippen LogP contribution is -2.34. The van der Waals surface area contributed by atoms with E-state index in [1.807, 2.05) is 73.8 Å². The SMILES string of the molecule is Cc1cccc(CNC(=O)/C(=C/c2cccs2)NC(=O)c2ccccc2C)c1. The molecule has 0 spiro atoms. The summed E-state index contributed by atoms with van der Waals surface area (Å²) in [7, 11) is 0. The van der Waals surface area contributed by atoms with Gasteiger partial charge in [-0.15, -0.1) is 11.3 Å². The first-order chi connectivity index (χ1) is 13.5. The van der Waals surface area contributed by atoms with Crippen LogP contribution >= 0.6 is 11.3 Å². The molecule has 0 saturated carbocycles. The highest BCUT2D eigenvalue weighted by Crippen LogP contribution is 2.14. The summed E-state index contributed by atoms with van der Waals surface area (Å²) in [6.45, 7) is 4.27. The van der Waals surface area contributed by atoms with Gasteiger partial charge in [0.2, 0.25) is 0 Å². The topological polar surface area (TPSA) is 58.2 Å². The smallest absolute Gasteiger partial charge is 0.268 e. The average molecular weight is 391 g/mol. The summed E-state index contributed by atoms with van der Waals surface area (Å²) in [5.74, 6) is -0.622. The molecule has 2 N–H and O–H groups in total. The van der Waals surface area contributed by atoms with Crippen molar-refractivity contribution >= 4 is 29.2 Å². The Balaban J connectivity index is 1.78. The third kappa shape index (κ3) is 5.18. The van der Waals surface area contributed by atoms with Gasteiger partial charge in [-0.25, -0.2) is 0 Å². The number of hydrogen-bond donors (Lipinski definition) is 2. The molecule has 0 fully saturated rings. The maximum absolute atomic E-state index is 12.8. The summed E-state index contributed by atoms with van der Waals surface area (Å²) < 4.78 is 0. The molecule has 1 heterocycles. The van der Waals surface area contributed by atoms with Crippen LogP contribution in [0.3, 0.4) is 0 Å². The molecule has 142 valence electrons. The number of amides is 2. The van der Waals surface area contributed by atoms with Crippen molar-refractivity contribution in [2.75, 3.05) is 0 Å². The van der Waals surface area contributed by atoms with E-state index < -0.39 is 0 Å². The Hall–Kier alpha value is -3.18. The molecule has 0 aliphatic heterocycles. The maximum atomic E-state index is 12.8. The van der Waals surface area contributed by atoms with E-state index in [0.717, 1.165) is 21.6 Å². The van der Waals surface area contributed by atoms with Crippen LogP contribution in [0.15, 0.2) is 71.7 Å². The fourth-order valence-electron chi connectivity index (χ4n) is 2.79. The van der Waals surface area contributed by atoms with Gasteiger partial charge in [0.1, 0.15) is 5.70 Å². The first-order valence-corrected chi connectivity index (χ1v) is 9.87. The molecule has 28 heavy (non-hydrogen) atoms. The summed E-state index contributed by atoms with van der Waals surface area (Å²) in [4.78, 5) is 26.4. The number of benzene rings is 2. The second-order valence-electron chi connectivity index (χ2n) is 6.51. The fourth-order valence-corrected chi connectivity index (χ4v) is 3.45. The zero-order valence-electron chi connectivity index (χ0n) is 15.9. The predicted molar refractivity (Wildman–Crippen MR) is 114 cm³/mol. The van der Waals surface area contributed by atoms with Gasteiger partial charge in [0.05, 0.1) is 0 Å². The van der Waals surface area contributed by atoms with Crippen molar-refractivity contribution in [3.8, 4) is 0 Å². The van der Waals surface area contributed by atoms with E-state index >= 15 is 0 Å². The molecule has 0 bridgehead atoms. The largest absolute Gasteiger partial charge is 0.347 e. The van der Waals surface area contributed by atoms with Gasteiger partial charge in [-0.2, -0.15) is 0 Å². The van der Waals surface area contributed by atoms with Gasteiger partial charge < -0.3 is 10.6 Å². The van der Waals surface area contributed by atoms with Crippen LogP contribution in [-0.2, 0) is 11.3 Å². The molecule has 0 radical (unpaired) electrons. The second-order valence-corrected chi connectivity index (χ2v) is 7.49. The minimum absolute atomic E-state index is 0.225. The lowest BCUT2D eigenvalue weighted by Gasteiger charge is -2.12. The molecule has 0 atom stereocenters. The molecule has 2 aromatic carbocycles. The maximum Gasteiger partial charge on any atom is 0.268 e. The zero-order valence-corrected chi connectivity index (χ0v) is 16.7. The van der Waals surface area contributed by atoms with Gasteiger partial charge in [-0.3, -0.25) is 9.59 Å². The van der Waals surface area contributed by atoms with Crippen LogP contribution in [-0.4, -0.2) is 11.8 Å². The van der Waals surface area contributed by atoms with Crippen LogP contribution in [0.25, 0.3) is 6.08 Å². The van der Waals surface area contributed by atoms with Crippen LogP contribution in [0.2, 0.25) is 0 Å². The number of thiophene rings is 1. The molecule has 3 rings (SSSR count). The van der Waals surface area contributed by atoms with Crippen molar-refractivity contribution in [3.63, 3.8) is 0 Å². The molecular weight excluding hydrogens is 368 g/mol. The lowest BCUT2D eigenvalue weighted by atomic mass is 10.1. The molecule has 1 aromatic heterocycles. The molecular formula is C23H22N2O2S. The van der Waals surface area contributed by atoms with E-state index in [2.05, 4.69) is 10.6 Å². The number of hydrogen-bond acceptors (Lipinski definition) is 3. The van der Waals surface area contributed by atoms with Crippen LogP contribution < -0.4 is 10.6 Å². The van der Waals surface area contributed by atoms with E-state index in [0.29, 0.717) is 12.1 Å². The normalized spacial score (nSPS) is 11.1. The molecule has 0 saturated heterocycles. The third-order valence-corrected chi connectivity index (χ3v) is 5.07. The average Bonchev–Trinajstić information content (AvgIpc) is 3.19. The van der Waals surface area contributed by atoms with Crippen LogP contribution in [0.1, 0.15) is 31.9 Å². The van der Waals surface area contributed by atoms with E-state index in [1.54, 1.807) is 12.1 Å². The van der Waals surface area contributed by atoms with Crippen molar-refractivity contribution in [2.45, 2.75) is 20.4 Å². The van der Waals surface area contributed by atoms with Gasteiger partial charge in [0.15, 0.2) is 0 Å². The Labute approximate surface area is 168 Å². The zero-order chi connectivity index (χ0) is 19.9. The Morgan fingerprint density at radius 2 is 1.82 bits per heavy atom. The van der Waals surface area contributed by atoms with Crippen molar-refractivity contribution in [2.24, 2.45) is 0 Å². The standard InChI is InChI=1S/C23H22N2O2S/c1-16-7-5-9-18(13-16)15-24-23(27)21(14-19-10-6-12-28-19)25-22(26)20-11-4-3-8-17(20)2/h3-14H,15H2,1-2H3,(H,24,27)(H,25,26)/b21-14-. The first-order valence-electron chi connectivity index (χ1n) is 8.99. The summed E-state index contributed by atoms with van der Waals surface area (Å²) in [6, 6.07) is 19.1. The molecule has 3 aromatic rings. The van der Waals surface area contributed by atoms with Crippen molar-refractivity contribution < 1.29 is 9.59 Å². The number of carbonyl (C=O) groups is 2. The van der Waals surface area contributed by atoms with Crippen LogP contribution in [0.5, 0.6) is 0 Å². The molecule has 0 aliphatic rings. The Kier molecular flexibility index (Phi) is 6.40. The number of nitrogens with one attached hydrogen (secondary N) is 2. The molecule has 5 heteroatoms. The quantitative estimate of drug-likeness (QED) is 0.611. The lowest BCUT2D eigenvalue weighted by molar-refractivity contribution is -0.117. The van der Waals surface area contributed by atoms with Gasteiger partial charge >= 0.3 is 0 Å². The monoisotopic (exact) mass is 390 g/mol. The predicted octanol–water partition coefficient (Wildman–Crippen LogP) is 4.45.